The summed E-state index contributed by atoms with van der Waals surface area (Å²) in [5, 5.41) is 4.59. The van der Waals surface area contributed by atoms with E-state index in [2.05, 4.69) is 30.0 Å². The lowest BCUT2D eigenvalue weighted by Gasteiger charge is -2.06. The van der Waals surface area contributed by atoms with Crippen LogP contribution in [-0.4, -0.2) is 14.8 Å². The van der Waals surface area contributed by atoms with Crippen LogP contribution in [0.4, 0.5) is 0 Å². The molecule has 2 aromatic heterocycles. The monoisotopic (exact) mass is 244 g/mol. The third-order valence-corrected chi connectivity index (χ3v) is 3.23. The van der Waals surface area contributed by atoms with Crippen LogP contribution in [0, 0.1) is 0 Å². The van der Waals surface area contributed by atoms with Crippen LogP contribution in [0.3, 0.4) is 0 Å². The molecule has 4 heteroatoms. The highest BCUT2D eigenvalue weighted by Gasteiger charge is 2.15. The fraction of sp³-hybridized carbons (Fsp3) is 0.429. The Morgan fingerprint density at radius 2 is 2.00 bits per heavy atom. The predicted octanol–water partition coefficient (Wildman–Crippen LogP) is 2.07. The Morgan fingerprint density at radius 3 is 2.61 bits per heavy atom. The van der Waals surface area contributed by atoms with E-state index in [0.717, 1.165) is 29.7 Å². The van der Waals surface area contributed by atoms with E-state index in [1.165, 1.54) is 11.3 Å². The zero-order valence-corrected chi connectivity index (χ0v) is 11.3. The molecule has 2 aromatic rings. The normalized spacial score (nSPS) is 10.9. The molecule has 2 heterocycles. The number of nitrogens with two attached hydrogens (primary N) is 1. The molecule has 0 aliphatic rings. The highest BCUT2D eigenvalue weighted by molar-refractivity contribution is 5.68. The van der Waals surface area contributed by atoms with E-state index in [4.69, 9.17) is 5.73 Å². The van der Waals surface area contributed by atoms with Crippen molar-refractivity contribution < 1.29 is 0 Å². The Kier molecular flexibility index (Phi) is 3.77. The molecule has 0 atom stereocenters. The molecule has 4 nitrogen and oxygen atoms in total. The van der Waals surface area contributed by atoms with Crippen LogP contribution < -0.4 is 5.73 Å². The quantitative estimate of drug-likeness (QED) is 0.895. The molecule has 96 valence electrons. The van der Waals surface area contributed by atoms with Crippen LogP contribution in [0.1, 0.15) is 30.8 Å². The lowest BCUT2D eigenvalue weighted by molar-refractivity contribution is 0.705. The third kappa shape index (κ3) is 2.16. The number of aromatic nitrogens is 3. The average molecular weight is 244 g/mol. The van der Waals surface area contributed by atoms with Gasteiger partial charge in [-0.05, 0) is 24.5 Å². The van der Waals surface area contributed by atoms with Gasteiger partial charge in [0.1, 0.15) is 0 Å². The van der Waals surface area contributed by atoms with E-state index >= 15 is 0 Å². The van der Waals surface area contributed by atoms with Gasteiger partial charge in [-0.15, -0.1) is 0 Å². The molecule has 18 heavy (non-hydrogen) atoms. The lowest BCUT2D eigenvalue weighted by atomic mass is 10.0. The van der Waals surface area contributed by atoms with Gasteiger partial charge in [0.05, 0.1) is 5.69 Å². The number of rotatable bonds is 4. The Hall–Kier alpha value is -1.68. The zero-order chi connectivity index (χ0) is 13.1. The van der Waals surface area contributed by atoms with Gasteiger partial charge in [-0.25, -0.2) is 0 Å². The highest BCUT2D eigenvalue weighted by Crippen LogP contribution is 2.28. The summed E-state index contributed by atoms with van der Waals surface area (Å²) < 4.78 is 1.98. The molecule has 0 saturated carbocycles. The first-order valence-corrected chi connectivity index (χ1v) is 6.40. The van der Waals surface area contributed by atoms with E-state index < -0.39 is 0 Å². The maximum absolute atomic E-state index is 5.68. The van der Waals surface area contributed by atoms with Crippen molar-refractivity contribution in [1.29, 1.82) is 0 Å². The molecule has 0 aliphatic carbocycles. The van der Waals surface area contributed by atoms with Crippen LogP contribution >= 0.6 is 0 Å². The van der Waals surface area contributed by atoms with Gasteiger partial charge in [0, 0.05) is 42.8 Å². The van der Waals surface area contributed by atoms with E-state index in [1.54, 1.807) is 0 Å². The second-order valence-corrected chi connectivity index (χ2v) is 4.39. The zero-order valence-electron chi connectivity index (χ0n) is 11.3. The minimum absolute atomic E-state index is 0.518. The summed E-state index contributed by atoms with van der Waals surface area (Å²) in [7, 11) is 2.00. The molecule has 0 radical (unpaired) electrons. The van der Waals surface area contributed by atoms with Gasteiger partial charge < -0.3 is 5.73 Å². The van der Waals surface area contributed by atoms with Crippen LogP contribution in [0.15, 0.2) is 18.5 Å². The summed E-state index contributed by atoms with van der Waals surface area (Å²) in [6.45, 7) is 4.80. The topological polar surface area (TPSA) is 56.7 Å². The molecule has 0 aromatic carbocycles. The van der Waals surface area contributed by atoms with E-state index in [1.807, 2.05) is 24.1 Å². The molecular formula is C14H20N4. The number of nitrogens with zero attached hydrogens (tertiary/aromatic N) is 3. The lowest BCUT2D eigenvalue weighted by Crippen LogP contribution is -1.99. The van der Waals surface area contributed by atoms with E-state index in [0.29, 0.717) is 6.54 Å². The van der Waals surface area contributed by atoms with Crippen molar-refractivity contribution in [1.82, 2.24) is 14.8 Å². The van der Waals surface area contributed by atoms with Crippen molar-refractivity contribution in [3.8, 4) is 11.1 Å². The number of hydrogen-bond acceptors (Lipinski definition) is 3. The number of pyridine rings is 1. The Bertz CT molecular complexity index is 543. The van der Waals surface area contributed by atoms with Crippen molar-refractivity contribution in [2.75, 3.05) is 0 Å². The van der Waals surface area contributed by atoms with E-state index in [-0.39, 0.29) is 0 Å². The average Bonchev–Trinajstić information content (AvgIpc) is 2.74. The van der Waals surface area contributed by atoms with Gasteiger partial charge in [-0.3, -0.25) is 9.67 Å². The molecule has 0 spiro atoms. The third-order valence-electron chi connectivity index (χ3n) is 3.23. The first kappa shape index (κ1) is 12.8. The highest BCUT2D eigenvalue weighted by atomic mass is 15.3. The smallest absolute Gasteiger partial charge is 0.0703 e. The van der Waals surface area contributed by atoms with Gasteiger partial charge in [0.15, 0.2) is 0 Å². The molecular weight excluding hydrogens is 224 g/mol. The summed E-state index contributed by atoms with van der Waals surface area (Å²) in [5.41, 5.74) is 11.5. The summed E-state index contributed by atoms with van der Waals surface area (Å²) in [4.78, 5) is 4.27. The minimum atomic E-state index is 0.518. The van der Waals surface area contributed by atoms with Crippen LogP contribution in [0.25, 0.3) is 11.1 Å². The molecule has 2 rings (SSSR count). The van der Waals surface area contributed by atoms with Crippen molar-refractivity contribution in [2.24, 2.45) is 12.8 Å². The van der Waals surface area contributed by atoms with Crippen molar-refractivity contribution in [3.63, 3.8) is 0 Å². The van der Waals surface area contributed by atoms with Crippen LogP contribution in [0.5, 0.6) is 0 Å². The Morgan fingerprint density at radius 1 is 1.22 bits per heavy atom. The number of aryl methyl sites for hydroxylation is 2. The fourth-order valence-electron chi connectivity index (χ4n) is 2.34. The second-order valence-electron chi connectivity index (χ2n) is 4.39. The molecule has 0 unspecified atom stereocenters. The van der Waals surface area contributed by atoms with Crippen molar-refractivity contribution in [2.45, 2.75) is 33.2 Å². The van der Waals surface area contributed by atoms with Gasteiger partial charge in [-0.2, -0.15) is 5.10 Å². The molecule has 0 saturated heterocycles. The molecule has 0 bridgehead atoms. The summed E-state index contributed by atoms with van der Waals surface area (Å²) in [6.07, 6.45) is 5.60. The van der Waals surface area contributed by atoms with Gasteiger partial charge >= 0.3 is 0 Å². The fourth-order valence-corrected chi connectivity index (χ4v) is 2.34. The maximum atomic E-state index is 5.68. The van der Waals surface area contributed by atoms with Gasteiger partial charge in [-0.1, -0.05) is 13.8 Å². The standard InChI is InChI=1S/C14H20N4/c1-4-12-14(13(5-2)18(3)17-12)11-6-10(7-15)8-16-9-11/h6,8-9H,4-5,7,15H2,1-3H3. The van der Waals surface area contributed by atoms with E-state index in [9.17, 15) is 0 Å². The summed E-state index contributed by atoms with van der Waals surface area (Å²) in [5.74, 6) is 0. The van der Waals surface area contributed by atoms with Crippen LogP contribution in [0.2, 0.25) is 0 Å². The Labute approximate surface area is 108 Å². The number of hydrogen-bond donors (Lipinski definition) is 1. The van der Waals surface area contributed by atoms with Crippen LogP contribution in [-0.2, 0) is 26.4 Å². The Balaban J connectivity index is 2.60. The first-order chi connectivity index (χ1) is 8.71. The first-order valence-electron chi connectivity index (χ1n) is 6.40. The summed E-state index contributed by atoms with van der Waals surface area (Å²) >= 11 is 0. The molecule has 0 fully saturated rings. The predicted molar refractivity (Wildman–Crippen MR) is 73.1 cm³/mol. The molecule has 2 N–H and O–H groups in total. The van der Waals surface area contributed by atoms with Crippen molar-refractivity contribution >= 4 is 0 Å². The van der Waals surface area contributed by atoms with Gasteiger partial charge in [0.25, 0.3) is 0 Å². The largest absolute Gasteiger partial charge is 0.326 e. The second kappa shape index (κ2) is 5.31. The molecule has 0 aliphatic heterocycles. The molecule has 0 amide bonds. The van der Waals surface area contributed by atoms with Crippen molar-refractivity contribution in [3.05, 3.63) is 35.4 Å². The maximum Gasteiger partial charge on any atom is 0.0703 e. The van der Waals surface area contributed by atoms with Gasteiger partial charge in [0.2, 0.25) is 0 Å². The SMILES string of the molecule is CCc1nn(C)c(CC)c1-c1cncc(CN)c1. The summed E-state index contributed by atoms with van der Waals surface area (Å²) in [6, 6.07) is 2.11. The minimum Gasteiger partial charge on any atom is -0.326 e.